The van der Waals surface area contributed by atoms with Crippen molar-refractivity contribution in [1.82, 2.24) is 5.32 Å². The highest BCUT2D eigenvalue weighted by Crippen LogP contribution is 2.30. The summed E-state index contributed by atoms with van der Waals surface area (Å²) in [5.41, 5.74) is 1.03. The summed E-state index contributed by atoms with van der Waals surface area (Å²) >= 11 is 1.78. The van der Waals surface area contributed by atoms with Gasteiger partial charge in [0, 0.05) is 29.9 Å². The van der Waals surface area contributed by atoms with Crippen LogP contribution in [0.3, 0.4) is 0 Å². The van der Waals surface area contributed by atoms with E-state index in [1.165, 1.54) is 0 Å². The van der Waals surface area contributed by atoms with Crippen LogP contribution in [0.25, 0.3) is 0 Å². The molecule has 0 atom stereocenters. The van der Waals surface area contributed by atoms with Crippen LogP contribution in [0.4, 0.5) is 4.39 Å². The molecule has 0 spiro atoms. The summed E-state index contributed by atoms with van der Waals surface area (Å²) in [7, 11) is 0. The third-order valence-electron chi connectivity index (χ3n) is 3.16. The van der Waals surface area contributed by atoms with Gasteiger partial charge in [-0.2, -0.15) is 0 Å². The van der Waals surface area contributed by atoms with Crippen molar-refractivity contribution in [2.75, 3.05) is 19.8 Å². The van der Waals surface area contributed by atoms with Gasteiger partial charge in [0.2, 0.25) is 0 Å². The second kappa shape index (κ2) is 7.88. The summed E-state index contributed by atoms with van der Waals surface area (Å²) in [6.45, 7) is 5.51. The van der Waals surface area contributed by atoms with Gasteiger partial charge >= 0.3 is 0 Å². The largest absolute Gasteiger partial charge is 0.381 e. The molecule has 0 aliphatic carbocycles. The van der Waals surface area contributed by atoms with Gasteiger partial charge in [-0.15, -0.1) is 11.8 Å². The van der Waals surface area contributed by atoms with Crippen LogP contribution in [0.1, 0.15) is 31.7 Å². The van der Waals surface area contributed by atoms with E-state index in [-0.39, 0.29) is 5.82 Å². The lowest BCUT2D eigenvalue weighted by molar-refractivity contribution is 0.100. The zero-order valence-corrected chi connectivity index (χ0v) is 12.3. The highest BCUT2D eigenvalue weighted by Gasteiger charge is 2.15. The molecule has 1 fully saturated rings. The highest BCUT2D eigenvalue weighted by atomic mass is 32.2. The van der Waals surface area contributed by atoms with Gasteiger partial charge in [-0.25, -0.2) is 4.39 Å². The molecule has 0 amide bonds. The maximum absolute atomic E-state index is 13.6. The average molecular weight is 283 g/mol. The first-order chi connectivity index (χ1) is 9.28. The van der Waals surface area contributed by atoms with Crippen molar-refractivity contribution in [3.63, 3.8) is 0 Å². The highest BCUT2D eigenvalue weighted by molar-refractivity contribution is 8.00. The predicted molar refractivity (Wildman–Crippen MR) is 78.1 cm³/mol. The predicted octanol–water partition coefficient (Wildman–Crippen LogP) is 3.60. The first-order valence-corrected chi connectivity index (χ1v) is 7.90. The van der Waals surface area contributed by atoms with E-state index in [0.29, 0.717) is 5.25 Å². The van der Waals surface area contributed by atoms with Crippen LogP contribution in [0.2, 0.25) is 0 Å². The standard InChI is InChI=1S/C15H22FNOS/c1-2-5-17-11-12-8-13(16)10-15(9-12)19-14-3-6-18-7-4-14/h8-10,14,17H,2-7,11H2,1H3. The molecule has 1 saturated heterocycles. The Balaban J connectivity index is 1.95. The molecule has 19 heavy (non-hydrogen) atoms. The minimum atomic E-state index is -0.134. The molecule has 2 nitrogen and oxygen atoms in total. The van der Waals surface area contributed by atoms with Gasteiger partial charge in [-0.05, 0) is 49.6 Å². The zero-order valence-electron chi connectivity index (χ0n) is 11.5. The van der Waals surface area contributed by atoms with Crippen molar-refractivity contribution in [1.29, 1.82) is 0 Å². The molecule has 1 heterocycles. The van der Waals surface area contributed by atoms with Gasteiger partial charge in [0.1, 0.15) is 5.82 Å². The number of ether oxygens (including phenoxy) is 1. The lowest BCUT2D eigenvalue weighted by Crippen LogP contribution is -2.17. The molecule has 0 radical (unpaired) electrons. The maximum Gasteiger partial charge on any atom is 0.124 e. The molecule has 2 rings (SSSR count). The second-order valence-electron chi connectivity index (χ2n) is 4.90. The molecule has 1 aromatic carbocycles. The van der Waals surface area contributed by atoms with Crippen LogP contribution >= 0.6 is 11.8 Å². The molecule has 1 aliphatic heterocycles. The zero-order chi connectivity index (χ0) is 13.5. The Labute approximate surface area is 119 Å². The minimum Gasteiger partial charge on any atom is -0.381 e. The summed E-state index contributed by atoms with van der Waals surface area (Å²) in [6, 6.07) is 5.37. The molecule has 106 valence electrons. The molecular weight excluding hydrogens is 261 g/mol. The van der Waals surface area contributed by atoms with Crippen LogP contribution in [0.15, 0.2) is 23.1 Å². The monoisotopic (exact) mass is 283 g/mol. The number of hydrogen-bond donors (Lipinski definition) is 1. The molecule has 0 saturated carbocycles. The van der Waals surface area contributed by atoms with Crippen molar-refractivity contribution in [3.8, 4) is 0 Å². The van der Waals surface area contributed by atoms with Gasteiger partial charge in [0.15, 0.2) is 0 Å². The number of rotatable bonds is 6. The minimum absolute atomic E-state index is 0.134. The molecule has 4 heteroatoms. The lowest BCUT2D eigenvalue weighted by Gasteiger charge is -2.21. The molecule has 1 aliphatic rings. The number of benzene rings is 1. The van der Waals surface area contributed by atoms with E-state index in [1.807, 2.05) is 0 Å². The Kier molecular flexibility index (Phi) is 6.14. The van der Waals surface area contributed by atoms with Crippen molar-refractivity contribution < 1.29 is 9.13 Å². The van der Waals surface area contributed by atoms with Gasteiger partial charge in [0.25, 0.3) is 0 Å². The average Bonchev–Trinajstić information content (AvgIpc) is 2.39. The van der Waals surface area contributed by atoms with Gasteiger partial charge in [0.05, 0.1) is 0 Å². The normalized spacial score (nSPS) is 16.7. The summed E-state index contributed by atoms with van der Waals surface area (Å²) < 4.78 is 19.0. The molecule has 0 bridgehead atoms. The molecule has 0 aromatic heterocycles. The SMILES string of the molecule is CCCNCc1cc(F)cc(SC2CCOCC2)c1. The molecule has 1 N–H and O–H groups in total. The molecule has 0 unspecified atom stereocenters. The summed E-state index contributed by atoms with van der Waals surface area (Å²) in [4.78, 5) is 1.04. The Morgan fingerprint density at radius 2 is 2.11 bits per heavy atom. The number of hydrogen-bond acceptors (Lipinski definition) is 3. The van der Waals surface area contributed by atoms with Gasteiger partial charge in [-0.1, -0.05) is 6.92 Å². The second-order valence-corrected chi connectivity index (χ2v) is 6.28. The lowest BCUT2D eigenvalue weighted by atomic mass is 10.2. The number of nitrogens with one attached hydrogen (secondary N) is 1. The Hall–Kier alpha value is -0.580. The number of halogens is 1. The van der Waals surface area contributed by atoms with Crippen LogP contribution in [-0.4, -0.2) is 25.0 Å². The van der Waals surface area contributed by atoms with Crippen molar-refractivity contribution in [2.45, 2.75) is 42.9 Å². The fourth-order valence-electron chi connectivity index (χ4n) is 2.19. The summed E-state index contributed by atoms with van der Waals surface area (Å²) in [5.74, 6) is -0.134. The third-order valence-corrected chi connectivity index (χ3v) is 4.47. The van der Waals surface area contributed by atoms with Crippen LogP contribution in [0.5, 0.6) is 0 Å². The first-order valence-electron chi connectivity index (χ1n) is 7.02. The van der Waals surface area contributed by atoms with Crippen LogP contribution in [0, 0.1) is 5.82 Å². The molecular formula is C15H22FNOS. The van der Waals surface area contributed by atoms with E-state index >= 15 is 0 Å². The smallest absolute Gasteiger partial charge is 0.124 e. The van der Waals surface area contributed by atoms with Crippen LogP contribution in [-0.2, 0) is 11.3 Å². The van der Waals surface area contributed by atoms with E-state index in [9.17, 15) is 4.39 Å². The maximum atomic E-state index is 13.6. The quantitative estimate of drug-likeness (QED) is 0.806. The van der Waals surface area contributed by atoms with Gasteiger partial charge in [-0.3, -0.25) is 0 Å². The molecule has 1 aromatic rings. The van der Waals surface area contributed by atoms with Crippen molar-refractivity contribution in [3.05, 3.63) is 29.6 Å². The summed E-state index contributed by atoms with van der Waals surface area (Å²) in [5, 5.41) is 3.88. The van der Waals surface area contributed by atoms with E-state index in [0.717, 1.165) is 56.0 Å². The third kappa shape index (κ3) is 5.13. The van der Waals surface area contributed by atoms with Crippen molar-refractivity contribution in [2.24, 2.45) is 0 Å². The summed E-state index contributed by atoms with van der Waals surface area (Å²) in [6.07, 6.45) is 3.22. The van der Waals surface area contributed by atoms with E-state index in [1.54, 1.807) is 23.9 Å². The fourth-order valence-corrected chi connectivity index (χ4v) is 3.40. The van der Waals surface area contributed by atoms with Crippen molar-refractivity contribution >= 4 is 11.8 Å². The fraction of sp³-hybridized carbons (Fsp3) is 0.600. The van der Waals surface area contributed by atoms with E-state index in [4.69, 9.17) is 4.74 Å². The Morgan fingerprint density at radius 3 is 2.84 bits per heavy atom. The van der Waals surface area contributed by atoms with E-state index < -0.39 is 0 Å². The topological polar surface area (TPSA) is 21.3 Å². The Morgan fingerprint density at radius 1 is 1.32 bits per heavy atom. The van der Waals surface area contributed by atoms with Gasteiger partial charge < -0.3 is 10.1 Å². The van der Waals surface area contributed by atoms with E-state index in [2.05, 4.69) is 18.3 Å². The number of thioether (sulfide) groups is 1. The first kappa shape index (κ1) is 14.8. The van der Waals surface area contributed by atoms with Crippen LogP contribution < -0.4 is 5.32 Å². The Bertz CT molecular complexity index is 394.